The fourth-order valence-corrected chi connectivity index (χ4v) is 14.2. The highest BCUT2D eigenvalue weighted by atomic mass is 14.7. The minimum atomic E-state index is 0.583. The second kappa shape index (κ2) is 7.56. The topological polar surface area (TPSA) is 0 Å². The van der Waals surface area contributed by atoms with Gasteiger partial charge < -0.3 is 0 Å². The van der Waals surface area contributed by atoms with Crippen LogP contribution in [-0.4, -0.2) is 0 Å². The van der Waals surface area contributed by atoms with Crippen LogP contribution >= 0.6 is 0 Å². The fraction of sp³-hybridized carbons (Fsp3) is 1.00. The van der Waals surface area contributed by atoms with Gasteiger partial charge in [0.05, 0.1) is 0 Å². The van der Waals surface area contributed by atoms with Gasteiger partial charge in [0.25, 0.3) is 0 Å². The molecule has 0 amide bonds. The Morgan fingerprint density at radius 2 is 0.600 bits per heavy atom. The average molecular weight is 479 g/mol. The van der Waals surface area contributed by atoms with E-state index < -0.39 is 0 Å². The third kappa shape index (κ3) is 3.10. The monoisotopic (exact) mass is 478 g/mol. The maximum absolute atomic E-state index is 2.77. The van der Waals surface area contributed by atoms with Gasteiger partial charge in [-0.1, -0.05) is 68.2 Å². The van der Waals surface area contributed by atoms with Crippen LogP contribution in [0.15, 0.2) is 0 Å². The van der Waals surface area contributed by atoms with Crippen molar-refractivity contribution in [3.8, 4) is 0 Å². The summed E-state index contributed by atoms with van der Waals surface area (Å²) in [6, 6.07) is 0. The minimum absolute atomic E-state index is 0.583. The molecule has 14 atom stereocenters. The van der Waals surface area contributed by atoms with Gasteiger partial charge >= 0.3 is 0 Å². The largest absolute Gasteiger partial charge is 0.0625 e. The molecular weight excluding hydrogens is 420 g/mol. The van der Waals surface area contributed by atoms with Crippen molar-refractivity contribution < 1.29 is 0 Å². The first-order valence-corrected chi connectivity index (χ1v) is 16.4. The van der Waals surface area contributed by atoms with E-state index in [0.29, 0.717) is 16.2 Å². The SMILES string of the molecule is CC1CCC2C3CC4C(CC3C(C)(C)C2C1)C1CC2C(CC1C4(C)C)C1CCC(C)CC1C2(C)C. The molecule has 0 aromatic rings. The highest BCUT2D eigenvalue weighted by Gasteiger charge is 2.68. The summed E-state index contributed by atoms with van der Waals surface area (Å²) in [7, 11) is 0. The first-order chi connectivity index (χ1) is 16.4. The van der Waals surface area contributed by atoms with Crippen molar-refractivity contribution >= 4 is 0 Å². The number of hydrogen-bond donors (Lipinski definition) is 0. The van der Waals surface area contributed by atoms with Crippen LogP contribution in [0.5, 0.6) is 0 Å². The molecule has 0 spiro atoms. The van der Waals surface area contributed by atoms with E-state index in [0.717, 1.165) is 82.9 Å². The summed E-state index contributed by atoms with van der Waals surface area (Å²) in [5, 5.41) is 0. The van der Waals surface area contributed by atoms with Crippen LogP contribution in [0.4, 0.5) is 0 Å². The lowest BCUT2D eigenvalue weighted by Crippen LogP contribution is -2.39. The van der Waals surface area contributed by atoms with Gasteiger partial charge in [-0.15, -0.1) is 0 Å². The molecule has 0 aromatic carbocycles. The van der Waals surface area contributed by atoms with E-state index >= 15 is 0 Å². The highest BCUT2D eigenvalue weighted by molar-refractivity contribution is 5.16. The smallest absolute Gasteiger partial charge is 0.0292 e. The summed E-state index contributed by atoms with van der Waals surface area (Å²) in [6.07, 6.45) is 15.6. The number of fused-ring (bicyclic) bond motifs is 9. The molecule has 0 nitrogen and oxygen atoms in total. The predicted molar refractivity (Wildman–Crippen MR) is 148 cm³/mol. The van der Waals surface area contributed by atoms with Crippen LogP contribution in [0.1, 0.15) is 120 Å². The maximum atomic E-state index is 2.77. The van der Waals surface area contributed by atoms with Gasteiger partial charge in [-0.2, -0.15) is 0 Å². The molecule has 7 rings (SSSR count). The maximum Gasteiger partial charge on any atom is -0.0292 e. The highest BCUT2D eigenvalue weighted by Crippen LogP contribution is 2.75. The minimum Gasteiger partial charge on any atom is -0.0625 e. The van der Waals surface area contributed by atoms with Gasteiger partial charge in [-0.05, 0) is 150 Å². The van der Waals surface area contributed by atoms with Crippen molar-refractivity contribution in [3.63, 3.8) is 0 Å². The zero-order valence-electron chi connectivity index (χ0n) is 24.7. The third-order valence-corrected chi connectivity index (χ3v) is 15.9. The Balaban J connectivity index is 1.20. The molecule has 0 aliphatic heterocycles. The van der Waals surface area contributed by atoms with Crippen molar-refractivity contribution in [1.82, 2.24) is 0 Å². The molecule has 0 heteroatoms. The molecule has 7 aliphatic carbocycles. The molecule has 0 heterocycles. The van der Waals surface area contributed by atoms with Gasteiger partial charge in [0.1, 0.15) is 0 Å². The fourth-order valence-electron chi connectivity index (χ4n) is 14.2. The van der Waals surface area contributed by atoms with E-state index in [4.69, 9.17) is 0 Å². The molecule has 7 saturated carbocycles. The van der Waals surface area contributed by atoms with Crippen LogP contribution in [0.3, 0.4) is 0 Å². The standard InChI is InChI=1S/C35H58/c1-19-9-11-21-23-15-31-25(17-29(23)33(3,4)27(21)13-19)26-18-30-24(16-32(26)35(31,7)8)22-12-10-20(2)14-28(22)34(30,5)6/h19-32H,9-18H2,1-8H3. The first kappa shape index (κ1) is 24.1. The average Bonchev–Trinajstić information content (AvgIpc) is 3.26. The number of hydrogen-bond acceptors (Lipinski definition) is 0. The Bertz CT molecular complexity index is 778. The summed E-state index contributed by atoms with van der Waals surface area (Å²) < 4.78 is 0. The summed E-state index contributed by atoms with van der Waals surface area (Å²) in [4.78, 5) is 0. The van der Waals surface area contributed by atoms with E-state index in [1.165, 1.54) is 25.7 Å². The van der Waals surface area contributed by atoms with Gasteiger partial charge in [0.2, 0.25) is 0 Å². The number of rotatable bonds is 0. The van der Waals surface area contributed by atoms with Crippen molar-refractivity contribution in [3.05, 3.63) is 0 Å². The lowest BCUT2D eigenvalue weighted by atomic mass is 9.59. The molecule has 198 valence electrons. The predicted octanol–water partition coefficient (Wildman–Crippen LogP) is 9.73. The van der Waals surface area contributed by atoms with E-state index in [-0.39, 0.29) is 0 Å². The van der Waals surface area contributed by atoms with E-state index in [2.05, 4.69) is 55.4 Å². The Labute approximate surface area is 218 Å². The lowest BCUT2D eigenvalue weighted by Gasteiger charge is -2.46. The Hall–Kier alpha value is 0. The molecule has 0 bridgehead atoms. The Morgan fingerprint density at radius 3 is 0.914 bits per heavy atom. The zero-order valence-corrected chi connectivity index (χ0v) is 24.7. The van der Waals surface area contributed by atoms with Crippen molar-refractivity contribution in [2.24, 2.45) is 99.1 Å². The molecule has 35 heavy (non-hydrogen) atoms. The molecule has 0 aromatic heterocycles. The Morgan fingerprint density at radius 1 is 0.343 bits per heavy atom. The van der Waals surface area contributed by atoms with E-state index in [9.17, 15) is 0 Å². The summed E-state index contributed by atoms with van der Waals surface area (Å²) >= 11 is 0. The quantitative estimate of drug-likeness (QED) is 0.325. The van der Waals surface area contributed by atoms with Gasteiger partial charge in [-0.25, -0.2) is 0 Å². The molecule has 0 radical (unpaired) electrons. The molecular formula is C35H58. The summed E-state index contributed by atoms with van der Waals surface area (Å²) in [5.41, 5.74) is 1.76. The van der Waals surface area contributed by atoms with Crippen molar-refractivity contribution in [2.45, 2.75) is 120 Å². The van der Waals surface area contributed by atoms with Crippen LogP contribution < -0.4 is 0 Å². The Kier molecular flexibility index (Phi) is 5.20. The molecule has 0 N–H and O–H groups in total. The normalized spacial score (nSPS) is 59.0. The molecule has 0 saturated heterocycles. The van der Waals surface area contributed by atoms with Gasteiger partial charge in [0, 0.05) is 0 Å². The second-order valence-corrected chi connectivity index (χ2v) is 17.9. The lowest BCUT2D eigenvalue weighted by molar-refractivity contribution is 0.0250. The molecule has 7 fully saturated rings. The summed E-state index contributed by atoms with van der Waals surface area (Å²) in [5.74, 6) is 14.4. The van der Waals surface area contributed by atoms with Gasteiger partial charge in [0.15, 0.2) is 0 Å². The van der Waals surface area contributed by atoms with E-state index in [1.54, 1.807) is 38.5 Å². The van der Waals surface area contributed by atoms with Crippen LogP contribution in [0.2, 0.25) is 0 Å². The van der Waals surface area contributed by atoms with Crippen molar-refractivity contribution in [1.29, 1.82) is 0 Å². The zero-order chi connectivity index (χ0) is 24.7. The van der Waals surface area contributed by atoms with Gasteiger partial charge in [-0.3, -0.25) is 0 Å². The summed E-state index contributed by atoms with van der Waals surface area (Å²) in [6.45, 7) is 21.6. The molecule has 7 aliphatic rings. The van der Waals surface area contributed by atoms with Crippen LogP contribution in [0, 0.1) is 99.1 Å². The second-order valence-electron chi connectivity index (χ2n) is 17.9. The van der Waals surface area contributed by atoms with Crippen LogP contribution in [-0.2, 0) is 0 Å². The third-order valence-electron chi connectivity index (χ3n) is 15.9. The van der Waals surface area contributed by atoms with Crippen LogP contribution in [0.25, 0.3) is 0 Å². The molecule has 14 unspecified atom stereocenters. The van der Waals surface area contributed by atoms with Crippen molar-refractivity contribution in [2.75, 3.05) is 0 Å². The first-order valence-electron chi connectivity index (χ1n) is 16.4. The van der Waals surface area contributed by atoms with E-state index in [1.807, 2.05) is 0 Å².